The van der Waals surface area contributed by atoms with Crippen LogP contribution in [0.5, 0.6) is 11.5 Å². The van der Waals surface area contributed by atoms with Crippen molar-refractivity contribution in [1.29, 1.82) is 0 Å². The molecule has 9 heteroatoms. The topological polar surface area (TPSA) is 76.2 Å². The summed E-state index contributed by atoms with van der Waals surface area (Å²) < 4.78 is 48.8. The molecule has 0 spiro atoms. The van der Waals surface area contributed by atoms with Crippen LogP contribution in [0.25, 0.3) is 0 Å². The second-order valence-electron chi connectivity index (χ2n) is 4.47. The maximum atomic E-state index is 12.7. The van der Waals surface area contributed by atoms with Gasteiger partial charge in [-0.05, 0) is 12.1 Å². The number of hydrogen-bond donors (Lipinski definition) is 2. The first kappa shape index (κ1) is 14.2. The summed E-state index contributed by atoms with van der Waals surface area (Å²) in [6, 6.07) is 4.57. The van der Waals surface area contributed by atoms with Crippen LogP contribution in [0.15, 0.2) is 24.4 Å². The van der Waals surface area contributed by atoms with E-state index in [2.05, 4.69) is 10.4 Å². The number of ether oxygens (including phenoxy) is 2. The minimum Gasteiger partial charge on any atom is -0.486 e. The number of carbonyl (C=O) groups excluding carboxylic acids is 1. The molecule has 22 heavy (non-hydrogen) atoms. The number of hydrogen-bond acceptors (Lipinski definition) is 4. The van der Waals surface area contributed by atoms with E-state index in [1.165, 1.54) is 12.1 Å². The lowest BCUT2D eigenvalue weighted by atomic mass is 10.2. The van der Waals surface area contributed by atoms with Gasteiger partial charge in [-0.15, -0.1) is 0 Å². The number of alkyl halides is 3. The van der Waals surface area contributed by atoms with E-state index in [1.807, 2.05) is 0 Å². The molecule has 0 unspecified atom stereocenters. The first-order chi connectivity index (χ1) is 10.4. The van der Waals surface area contributed by atoms with Crippen LogP contribution >= 0.6 is 0 Å². The van der Waals surface area contributed by atoms with Gasteiger partial charge in [0.1, 0.15) is 13.2 Å². The second kappa shape index (κ2) is 5.24. The summed E-state index contributed by atoms with van der Waals surface area (Å²) in [6.07, 6.45) is -3.86. The fourth-order valence-corrected chi connectivity index (χ4v) is 1.99. The van der Waals surface area contributed by atoms with Crippen LogP contribution in [0.3, 0.4) is 0 Å². The zero-order valence-corrected chi connectivity index (χ0v) is 11.0. The van der Waals surface area contributed by atoms with E-state index in [-0.39, 0.29) is 0 Å². The van der Waals surface area contributed by atoms with Gasteiger partial charge in [-0.1, -0.05) is 0 Å². The monoisotopic (exact) mass is 313 g/mol. The van der Waals surface area contributed by atoms with Crippen molar-refractivity contribution in [3.63, 3.8) is 0 Å². The van der Waals surface area contributed by atoms with Crippen LogP contribution in [0.4, 0.5) is 18.9 Å². The van der Waals surface area contributed by atoms with Crippen LogP contribution < -0.4 is 14.8 Å². The SMILES string of the molecule is O=C(Nc1ccc2c(c1)OCCO2)c1cn[nH]c1C(F)(F)F. The van der Waals surface area contributed by atoms with Crippen molar-refractivity contribution in [2.24, 2.45) is 0 Å². The third-order valence-corrected chi connectivity index (χ3v) is 2.97. The molecule has 116 valence electrons. The molecular weight excluding hydrogens is 303 g/mol. The molecule has 1 aromatic heterocycles. The molecule has 2 aromatic rings. The van der Waals surface area contributed by atoms with Gasteiger partial charge in [0.15, 0.2) is 17.2 Å². The fourth-order valence-electron chi connectivity index (χ4n) is 1.99. The normalized spacial score (nSPS) is 13.8. The number of amides is 1. The predicted octanol–water partition coefficient (Wildman–Crippen LogP) is 2.45. The number of benzene rings is 1. The first-order valence-corrected chi connectivity index (χ1v) is 6.27. The molecule has 0 radical (unpaired) electrons. The van der Waals surface area contributed by atoms with Crippen LogP contribution in [0.2, 0.25) is 0 Å². The van der Waals surface area contributed by atoms with Crippen molar-refractivity contribution >= 4 is 11.6 Å². The molecule has 0 aliphatic carbocycles. The number of aromatic nitrogens is 2. The summed E-state index contributed by atoms with van der Waals surface area (Å²) in [7, 11) is 0. The maximum absolute atomic E-state index is 12.7. The van der Waals surface area contributed by atoms with Crippen LogP contribution in [0, 0.1) is 0 Å². The molecule has 0 bridgehead atoms. The molecule has 2 N–H and O–H groups in total. The van der Waals surface area contributed by atoms with Gasteiger partial charge in [0, 0.05) is 11.8 Å². The lowest BCUT2D eigenvalue weighted by molar-refractivity contribution is -0.141. The van der Waals surface area contributed by atoms with E-state index < -0.39 is 23.3 Å². The minimum absolute atomic E-state index is 0.295. The molecule has 3 rings (SSSR count). The van der Waals surface area contributed by atoms with Crippen LogP contribution in [0.1, 0.15) is 16.1 Å². The van der Waals surface area contributed by atoms with Crippen molar-refractivity contribution in [2.75, 3.05) is 18.5 Å². The van der Waals surface area contributed by atoms with E-state index >= 15 is 0 Å². The quantitative estimate of drug-likeness (QED) is 0.893. The van der Waals surface area contributed by atoms with Crippen LogP contribution in [-0.4, -0.2) is 29.3 Å². The fraction of sp³-hybridized carbons (Fsp3) is 0.231. The first-order valence-electron chi connectivity index (χ1n) is 6.27. The Hall–Kier alpha value is -2.71. The number of fused-ring (bicyclic) bond motifs is 1. The highest BCUT2D eigenvalue weighted by Crippen LogP contribution is 2.33. The Bertz CT molecular complexity index is 712. The molecule has 1 aromatic carbocycles. The third kappa shape index (κ3) is 2.69. The van der Waals surface area contributed by atoms with Crippen LogP contribution in [-0.2, 0) is 6.18 Å². The number of rotatable bonds is 2. The highest BCUT2D eigenvalue weighted by atomic mass is 19.4. The molecular formula is C13H10F3N3O3. The highest BCUT2D eigenvalue weighted by molar-refractivity contribution is 6.05. The molecule has 1 amide bonds. The van der Waals surface area contributed by atoms with Gasteiger partial charge in [-0.3, -0.25) is 9.89 Å². The summed E-state index contributed by atoms with van der Waals surface area (Å²) >= 11 is 0. The van der Waals surface area contributed by atoms with E-state index in [9.17, 15) is 18.0 Å². The Balaban J connectivity index is 1.82. The van der Waals surface area contributed by atoms with Gasteiger partial charge in [-0.25, -0.2) is 0 Å². The van der Waals surface area contributed by atoms with E-state index in [0.717, 1.165) is 6.20 Å². The molecule has 1 aliphatic rings. The van der Waals surface area contributed by atoms with E-state index in [0.29, 0.717) is 30.4 Å². The van der Waals surface area contributed by atoms with Crippen molar-refractivity contribution in [1.82, 2.24) is 10.2 Å². The Labute approximate surface area is 122 Å². The largest absolute Gasteiger partial charge is 0.486 e. The highest BCUT2D eigenvalue weighted by Gasteiger charge is 2.37. The standard InChI is InChI=1S/C13H10F3N3O3/c14-13(15,16)11-8(6-17-19-11)12(20)18-7-1-2-9-10(5-7)22-4-3-21-9/h1-2,5-6H,3-4H2,(H,17,19)(H,18,20). The molecule has 0 saturated heterocycles. The number of H-pyrrole nitrogens is 1. The number of anilines is 1. The molecule has 0 atom stereocenters. The van der Waals surface area contributed by atoms with Crippen molar-refractivity contribution in [3.8, 4) is 11.5 Å². The number of nitrogens with zero attached hydrogens (tertiary/aromatic N) is 1. The zero-order chi connectivity index (χ0) is 15.7. The summed E-state index contributed by atoms with van der Waals surface area (Å²) in [4.78, 5) is 12.0. The summed E-state index contributed by atoms with van der Waals surface area (Å²) in [6.45, 7) is 0.785. The number of nitrogens with one attached hydrogen (secondary N) is 2. The summed E-state index contributed by atoms with van der Waals surface area (Å²) in [5.41, 5.74) is -1.48. The lowest BCUT2D eigenvalue weighted by Crippen LogP contribution is -2.18. The molecule has 1 aliphatic heterocycles. The average Bonchev–Trinajstić information content (AvgIpc) is 2.97. The van der Waals surface area contributed by atoms with Crippen molar-refractivity contribution < 1.29 is 27.4 Å². The van der Waals surface area contributed by atoms with Gasteiger partial charge in [0.2, 0.25) is 0 Å². The zero-order valence-electron chi connectivity index (χ0n) is 11.0. The van der Waals surface area contributed by atoms with Gasteiger partial charge < -0.3 is 14.8 Å². The van der Waals surface area contributed by atoms with E-state index in [1.54, 1.807) is 11.2 Å². The number of carbonyl (C=O) groups is 1. The van der Waals surface area contributed by atoms with Gasteiger partial charge in [0.05, 0.1) is 11.8 Å². The Kier molecular flexibility index (Phi) is 3.39. The summed E-state index contributed by atoms with van der Waals surface area (Å²) in [5, 5.41) is 7.43. The second-order valence-corrected chi connectivity index (χ2v) is 4.47. The molecule has 0 fully saturated rings. The predicted molar refractivity (Wildman–Crippen MR) is 69.0 cm³/mol. The average molecular weight is 313 g/mol. The number of halogens is 3. The summed E-state index contributed by atoms with van der Waals surface area (Å²) in [5.74, 6) is 0.0218. The smallest absolute Gasteiger partial charge is 0.433 e. The van der Waals surface area contributed by atoms with Gasteiger partial charge >= 0.3 is 6.18 Å². The third-order valence-electron chi connectivity index (χ3n) is 2.97. The van der Waals surface area contributed by atoms with Crippen molar-refractivity contribution in [2.45, 2.75) is 6.18 Å². The lowest BCUT2D eigenvalue weighted by Gasteiger charge is -2.19. The Morgan fingerprint density at radius 2 is 1.95 bits per heavy atom. The maximum Gasteiger partial charge on any atom is 0.433 e. The van der Waals surface area contributed by atoms with Gasteiger partial charge in [0.25, 0.3) is 5.91 Å². The van der Waals surface area contributed by atoms with E-state index in [4.69, 9.17) is 9.47 Å². The Morgan fingerprint density at radius 3 is 2.68 bits per heavy atom. The molecule has 2 heterocycles. The van der Waals surface area contributed by atoms with Gasteiger partial charge in [-0.2, -0.15) is 18.3 Å². The molecule has 6 nitrogen and oxygen atoms in total. The number of aromatic amines is 1. The van der Waals surface area contributed by atoms with Crippen molar-refractivity contribution in [3.05, 3.63) is 35.7 Å². The molecule has 0 saturated carbocycles. The Morgan fingerprint density at radius 1 is 1.23 bits per heavy atom. The minimum atomic E-state index is -4.68.